The zero-order valence-electron chi connectivity index (χ0n) is 13.2. The van der Waals surface area contributed by atoms with E-state index in [2.05, 4.69) is 5.32 Å². The minimum atomic E-state index is -4.65. The number of hydrogen-bond acceptors (Lipinski definition) is 3. The fourth-order valence-electron chi connectivity index (χ4n) is 2.19. The van der Waals surface area contributed by atoms with Gasteiger partial charge in [-0.05, 0) is 36.2 Å². The van der Waals surface area contributed by atoms with Crippen LogP contribution in [0.1, 0.15) is 21.5 Å². The van der Waals surface area contributed by atoms with Crippen LogP contribution in [-0.4, -0.2) is 20.9 Å². The Hall–Kier alpha value is -2.10. The maximum atomic E-state index is 12.8. The van der Waals surface area contributed by atoms with Crippen molar-refractivity contribution in [1.82, 2.24) is 5.32 Å². The summed E-state index contributed by atoms with van der Waals surface area (Å²) in [6, 6.07) is 8.83. The van der Waals surface area contributed by atoms with Crippen LogP contribution in [0.3, 0.4) is 0 Å². The highest BCUT2D eigenvalue weighted by molar-refractivity contribution is 7.89. The molecule has 0 unspecified atom stereocenters. The summed E-state index contributed by atoms with van der Waals surface area (Å²) < 4.78 is 60.8. The minimum Gasteiger partial charge on any atom is -0.352 e. The Morgan fingerprint density at radius 2 is 1.73 bits per heavy atom. The molecule has 1 amide bonds. The lowest BCUT2D eigenvalue weighted by molar-refractivity contribution is -0.137. The number of hydrogen-bond donors (Lipinski definition) is 2. The monoisotopic (exact) mass is 406 g/mol. The Bertz CT molecular complexity index is 913. The number of alkyl halides is 3. The first-order valence-electron chi connectivity index (χ1n) is 7.26. The molecule has 0 aliphatic rings. The minimum absolute atomic E-state index is 0.0407. The Labute approximate surface area is 153 Å². The molecule has 0 heterocycles. The third-order valence-corrected chi connectivity index (χ3v) is 4.84. The summed E-state index contributed by atoms with van der Waals surface area (Å²) in [5, 5.41) is 6.81. The fraction of sp³-hybridized carbons (Fsp3) is 0.188. The lowest BCUT2D eigenvalue weighted by atomic mass is 10.1. The van der Waals surface area contributed by atoms with E-state index >= 15 is 0 Å². The highest BCUT2D eigenvalue weighted by Gasteiger charge is 2.34. The van der Waals surface area contributed by atoms with Gasteiger partial charge in [-0.3, -0.25) is 4.79 Å². The standard InChI is InChI=1S/C16H14ClF3N2O3S/c17-14-12(2-1-3-13(14)16(18,19)20)15(23)22-9-8-10-4-6-11(7-5-10)26(21,24)25/h1-7H,8-9H2,(H,22,23)(H2,21,24,25). The van der Waals surface area contributed by atoms with Gasteiger partial charge in [0.1, 0.15) is 0 Å². The molecular formula is C16H14ClF3N2O3S. The van der Waals surface area contributed by atoms with E-state index in [0.717, 1.165) is 12.1 Å². The summed E-state index contributed by atoms with van der Waals surface area (Å²) in [4.78, 5) is 12.0. The summed E-state index contributed by atoms with van der Waals surface area (Å²) in [6.45, 7) is 0.125. The van der Waals surface area contributed by atoms with Crippen molar-refractivity contribution in [1.29, 1.82) is 0 Å². The van der Waals surface area contributed by atoms with E-state index in [0.29, 0.717) is 12.0 Å². The van der Waals surface area contributed by atoms with Crippen LogP contribution in [0.2, 0.25) is 5.02 Å². The average Bonchev–Trinajstić information content (AvgIpc) is 2.53. The molecule has 0 bridgehead atoms. The molecule has 0 spiro atoms. The van der Waals surface area contributed by atoms with Crippen LogP contribution in [0.15, 0.2) is 47.4 Å². The molecule has 0 saturated heterocycles. The average molecular weight is 407 g/mol. The third kappa shape index (κ3) is 4.96. The molecule has 0 saturated carbocycles. The Morgan fingerprint density at radius 1 is 1.12 bits per heavy atom. The number of sulfonamides is 1. The number of amides is 1. The van der Waals surface area contributed by atoms with Gasteiger partial charge in [-0.1, -0.05) is 29.8 Å². The molecule has 0 aromatic heterocycles. The molecule has 0 radical (unpaired) electrons. The normalized spacial score (nSPS) is 12.0. The number of carbonyl (C=O) groups excluding carboxylic acids is 1. The van der Waals surface area contributed by atoms with Crippen molar-refractivity contribution in [3.05, 3.63) is 64.2 Å². The van der Waals surface area contributed by atoms with Crippen LogP contribution >= 0.6 is 11.6 Å². The zero-order chi connectivity index (χ0) is 19.5. The first-order chi connectivity index (χ1) is 12.0. The first kappa shape index (κ1) is 20.2. The molecule has 0 atom stereocenters. The maximum Gasteiger partial charge on any atom is 0.417 e. The lowest BCUT2D eigenvalue weighted by Gasteiger charge is -2.12. The van der Waals surface area contributed by atoms with Crippen LogP contribution in [0.4, 0.5) is 13.2 Å². The van der Waals surface area contributed by atoms with Crippen molar-refractivity contribution in [2.45, 2.75) is 17.5 Å². The van der Waals surface area contributed by atoms with Crippen molar-refractivity contribution in [2.24, 2.45) is 5.14 Å². The van der Waals surface area contributed by atoms with Crippen molar-refractivity contribution < 1.29 is 26.4 Å². The summed E-state index contributed by atoms with van der Waals surface area (Å²) in [5.74, 6) is -0.734. The van der Waals surface area contributed by atoms with Gasteiger partial charge >= 0.3 is 6.18 Å². The number of carbonyl (C=O) groups is 1. The van der Waals surface area contributed by atoms with Gasteiger partial charge in [0, 0.05) is 6.54 Å². The van der Waals surface area contributed by atoms with Gasteiger partial charge < -0.3 is 5.32 Å². The molecule has 0 fully saturated rings. The maximum absolute atomic E-state index is 12.8. The predicted molar refractivity (Wildman–Crippen MR) is 90.3 cm³/mol. The van der Waals surface area contributed by atoms with E-state index in [-0.39, 0.29) is 17.0 Å². The molecule has 3 N–H and O–H groups in total. The number of rotatable bonds is 5. The van der Waals surface area contributed by atoms with Crippen molar-refractivity contribution >= 4 is 27.5 Å². The highest BCUT2D eigenvalue weighted by atomic mass is 35.5. The number of nitrogens with two attached hydrogens (primary N) is 1. The van der Waals surface area contributed by atoms with Gasteiger partial charge in [-0.15, -0.1) is 0 Å². The Morgan fingerprint density at radius 3 is 2.27 bits per heavy atom. The summed E-state index contributed by atoms with van der Waals surface area (Å²) in [5.41, 5.74) is -0.635. The SMILES string of the molecule is NS(=O)(=O)c1ccc(CCNC(=O)c2cccc(C(F)(F)F)c2Cl)cc1. The first-order valence-corrected chi connectivity index (χ1v) is 9.18. The molecule has 2 aromatic carbocycles. The number of halogens is 4. The number of benzene rings is 2. The van der Waals surface area contributed by atoms with Gasteiger partial charge in [-0.25, -0.2) is 13.6 Å². The lowest BCUT2D eigenvalue weighted by Crippen LogP contribution is -2.26. The van der Waals surface area contributed by atoms with E-state index in [1.165, 1.54) is 30.3 Å². The van der Waals surface area contributed by atoms with Crippen LogP contribution in [-0.2, 0) is 22.6 Å². The van der Waals surface area contributed by atoms with E-state index in [1.807, 2.05) is 0 Å². The molecular weight excluding hydrogens is 393 g/mol. The Kier molecular flexibility index (Phi) is 5.94. The van der Waals surface area contributed by atoms with Crippen LogP contribution in [0.5, 0.6) is 0 Å². The molecule has 2 rings (SSSR count). The second kappa shape index (κ2) is 7.65. The molecule has 26 heavy (non-hydrogen) atoms. The molecule has 10 heteroatoms. The molecule has 0 aliphatic carbocycles. The quantitative estimate of drug-likeness (QED) is 0.800. The summed E-state index contributed by atoms with van der Waals surface area (Å²) in [7, 11) is -3.79. The van der Waals surface area contributed by atoms with Crippen molar-refractivity contribution in [3.8, 4) is 0 Å². The van der Waals surface area contributed by atoms with Gasteiger partial charge in [-0.2, -0.15) is 13.2 Å². The van der Waals surface area contributed by atoms with Crippen LogP contribution in [0, 0.1) is 0 Å². The van der Waals surface area contributed by atoms with Gasteiger partial charge in [0.25, 0.3) is 5.91 Å². The smallest absolute Gasteiger partial charge is 0.352 e. The summed E-state index contributed by atoms with van der Waals surface area (Å²) >= 11 is 5.69. The van der Waals surface area contributed by atoms with Crippen LogP contribution in [0.25, 0.3) is 0 Å². The second-order valence-corrected chi connectivity index (χ2v) is 7.30. The molecule has 140 valence electrons. The second-order valence-electron chi connectivity index (χ2n) is 5.36. The van der Waals surface area contributed by atoms with Crippen molar-refractivity contribution in [3.63, 3.8) is 0 Å². The van der Waals surface area contributed by atoms with Gasteiger partial charge in [0.05, 0.1) is 21.0 Å². The summed E-state index contributed by atoms with van der Waals surface area (Å²) in [6.07, 6.45) is -4.31. The number of nitrogens with one attached hydrogen (secondary N) is 1. The zero-order valence-corrected chi connectivity index (χ0v) is 14.8. The molecule has 5 nitrogen and oxygen atoms in total. The van der Waals surface area contributed by atoms with E-state index in [1.54, 1.807) is 0 Å². The van der Waals surface area contributed by atoms with Crippen molar-refractivity contribution in [2.75, 3.05) is 6.54 Å². The molecule has 0 aliphatic heterocycles. The highest BCUT2D eigenvalue weighted by Crippen LogP contribution is 2.36. The number of primary sulfonamides is 1. The van der Waals surface area contributed by atoms with Gasteiger partial charge in [0.15, 0.2) is 0 Å². The van der Waals surface area contributed by atoms with E-state index < -0.39 is 32.7 Å². The van der Waals surface area contributed by atoms with Gasteiger partial charge in [0.2, 0.25) is 10.0 Å². The third-order valence-electron chi connectivity index (χ3n) is 3.50. The largest absolute Gasteiger partial charge is 0.417 e. The molecule has 2 aromatic rings. The fourth-order valence-corrected chi connectivity index (χ4v) is 3.02. The topological polar surface area (TPSA) is 89.3 Å². The van der Waals surface area contributed by atoms with E-state index in [9.17, 15) is 26.4 Å². The van der Waals surface area contributed by atoms with E-state index in [4.69, 9.17) is 16.7 Å². The van der Waals surface area contributed by atoms with Crippen LogP contribution < -0.4 is 10.5 Å². The predicted octanol–water partition coefficient (Wildman–Crippen LogP) is 2.98. The Balaban J connectivity index is 2.02.